The molecule has 0 aliphatic carbocycles. The molecule has 0 aliphatic heterocycles. The third-order valence-corrected chi connectivity index (χ3v) is 2.70. The number of phenols is 1. The van der Waals surface area contributed by atoms with Gasteiger partial charge in [0.15, 0.2) is 0 Å². The van der Waals surface area contributed by atoms with Gasteiger partial charge in [0.25, 0.3) is 0 Å². The molecule has 21 heavy (non-hydrogen) atoms. The van der Waals surface area contributed by atoms with Gasteiger partial charge in [-0.1, -0.05) is 0 Å². The molecule has 1 amide bonds. The first-order valence-corrected chi connectivity index (χ1v) is 6.02. The van der Waals surface area contributed by atoms with Gasteiger partial charge in [0.05, 0.1) is 18.3 Å². The number of rotatable bonds is 4. The zero-order valence-electron chi connectivity index (χ0n) is 10.9. The second-order valence-electron chi connectivity index (χ2n) is 4.34. The fraction of sp³-hybridized carbons (Fsp3) is 0.0714. The summed E-state index contributed by atoms with van der Waals surface area (Å²) in [5, 5.41) is 20.8. The first kappa shape index (κ1) is 14.3. The van der Waals surface area contributed by atoms with Crippen molar-refractivity contribution in [3.63, 3.8) is 0 Å². The highest BCUT2D eigenvalue weighted by molar-refractivity contribution is 5.96. The van der Waals surface area contributed by atoms with Crippen LogP contribution in [0.2, 0.25) is 0 Å². The van der Waals surface area contributed by atoms with E-state index in [-0.39, 0.29) is 29.3 Å². The van der Waals surface area contributed by atoms with Crippen LogP contribution in [0.3, 0.4) is 0 Å². The van der Waals surface area contributed by atoms with E-state index < -0.39 is 5.97 Å². The van der Waals surface area contributed by atoms with E-state index in [1.54, 1.807) is 12.1 Å². The van der Waals surface area contributed by atoms with Gasteiger partial charge in [-0.25, -0.2) is 4.79 Å². The van der Waals surface area contributed by atoms with Crippen molar-refractivity contribution in [3.05, 3.63) is 47.8 Å². The van der Waals surface area contributed by atoms with E-state index in [1.165, 1.54) is 24.4 Å². The van der Waals surface area contributed by atoms with Crippen molar-refractivity contribution in [3.8, 4) is 5.75 Å². The Balaban J connectivity index is 2.07. The molecule has 1 aromatic carbocycles. The van der Waals surface area contributed by atoms with Gasteiger partial charge in [0.2, 0.25) is 5.91 Å². The summed E-state index contributed by atoms with van der Waals surface area (Å²) < 4.78 is 0. The zero-order chi connectivity index (χ0) is 15.4. The number of nitrogen functional groups attached to an aromatic ring is 1. The zero-order valence-corrected chi connectivity index (χ0v) is 10.9. The second-order valence-corrected chi connectivity index (χ2v) is 4.34. The van der Waals surface area contributed by atoms with Crippen molar-refractivity contribution in [2.24, 2.45) is 0 Å². The topological polar surface area (TPSA) is 126 Å². The van der Waals surface area contributed by atoms with Crippen molar-refractivity contribution >= 4 is 23.3 Å². The van der Waals surface area contributed by atoms with Crippen LogP contribution in [0.15, 0.2) is 36.5 Å². The Kier molecular flexibility index (Phi) is 4.03. The molecule has 108 valence electrons. The lowest BCUT2D eigenvalue weighted by molar-refractivity contribution is -0.115. The maximum absolute atomic E-state index is 11.8. The summed E-state index contributed by atoms with van der Waals surface area (Å²) in [5.74, 6) is -1.99. The highest BCUT2D eigenvalue weighted by Crippen LogP contribution is 2.21. The number of aromatic carboxylic acids is 1. The summed E-state index contributed by atoms with van der Waals surface area (Å²) >= 11 is 0. The molecule has 5 N–H and O–H groups in total. The van der Waals surface area contributed by atoms with Crippen LogP contribution in [-0.2, 0) is 11.2 Å². The Hall–Kier alpha value is -3.09. The first-order chi connectivity index (χ1) is 9.95. The van der Waals surface area contributed by atoms with E-state index in [1.807, 2.05) is 0 Å². The molecule has 0 aliphatic rings. The molecule has 1 heterocycles. The number of carboxylic acid groups (broad SMARTS) is 1. The van der Waals surface area contributed by atoms with Crippen LogP contribution >= 0.6 is 0 Å². The lowest BCUT2D eigenvalue weighted by Gasteiger charge is -2.07. The van der Waals surface area contributed by atoms with Gasteiger partial charge < -0.3 is 21.3 Å². The number of hydrogen-bond donors (Lipinski definition) is 4. The molecule has 0 atom stereocenters. The molecule has 1 aromatic heterocycles. The van der Waals surface area contributed by atoms with Gasteiger partial charge in [0.1, 0.15) is 11.3 Å². The molecule has 0 radical (unpaired) electrons. The highest BCUT2D eigenvalue weighted by Gasteiger charge is 2.12. The number of carboxylic acids is 1. The maximum atomic E-state index is 11.8. The molecule has 7 heteroatoms. The first-order valence-electron chi connectivity index (χ1n) is 6.02. The number of carbonyl (C=O) groups is 2. The van der Waals surface area contributed by atoms with Crippen molar-refractivity contribution in [1.29, 1.82) is 0 Å². The van der Waals surface area contributed by atoms with E-state index in [4.69, 9.17) is 10.8 Å². The van der Waals surface area contributed by atoms with E-state index in [2.05, 4.69) is 10.3 Å². The lowest BCUT2D eigenvalue weighted by atomic mass is 10.1. The Morgan fingerprint density at radius 3 is 2.62 bits per heavy atom. The summed E-state index contributed by atoms with van der Waals surface area (Å²) in [5.41, 5.74) is 6.55. The van der Waals surface area contributed by atoms with Crippen molar-refractivity contribution < 1.29 is 19.8 Å². The molecule has 0 fully saturated rings. The minimum Gasteiger partial charge on any atom is -0.507 e. The number of aromatic nitrogens is 1. The summed E-state index contributed by atoms with van der Waals surface area (Å²) in [6.45, 7) is 0. The third kappa shape index (κ3) is 3.69. The third-order valence-electron chi connectivity index (χ3n) is 2.70. The van der Waals surface area contributed by atoms with Gasteiger partial charge >= 0.3 is 5.97 Å². The molecule has 0 bridgehead atoms. The van der Waals surface area contributed by atoms with E-state index >= 15 is 0 Å². The summed E-state index contributed by atoms with van der Waals surface area (Å²) in [6, 6.07) is 7.08. The minimum absolute atomic E-state index is 0.0313. The molecular formula is C14H13N3O4. The largest absolute Gasteiger partial charge is 0.507 e. The van der Waals surface area contributed by atoms with Crippen LogP contribution < -0.4 is 11.1 Å². The van der Waals surface area contributed by atoms with Gasteiger partial charge in [-0.15, -0.1) is 0 Å². The van der Waals surface area contributed by atoms with Crippen molar-refractivity contribution in [2.75, 3.05) is 11.1 Å². The fourth-order valence-electron chi connectivity index (χ4n) is 1.70. The van der Waals surface area contributed by atoms with Gasteiger partial charge in [0, 0.05) is 11.4 Å². The highest BCUT2D eigenvalue weighted by atomic mass is 16.4. The van der Waals surface area contributed by atoms with Crippen LogP contribution in [0.5, 0.6) is 5.75 Å². The summed E-state index contributed by atoms with van der Waals surface area (Å²) in [7, 11) is 0. The predicted octanol–water partition coefficient (Wildman–Crippen LogP) is 1.25. The number of pyridine rings is 1. The number of nitrogens with two attached hydrogens (primary N) is 1. The summed E-state index contributed by atoms with van der Waals surface area (Å²) in [4.78, 5) is 26.7. The van der Waals surface area contributed by atoms with Crippen molar-refractivity contribution in [2.45, 2.75) is 6.42 Å². The molecule has 0 unspecified atom stereocenters. The maximum Gasteiger partial charge on any atom is 0.339 e. The lowest BCUT2D eigenvalue weighted by Crippen LogP contribution is -2.15. The van der Waals surface area contributed by atoms with E-state index in [9.17, 15) is 14.7 Å². The van der Waals surface area contributed by atoms with Crippen molar-refractivity contribution in [1.82, 2.24) is 4.98 Å². The molecule has 2 rings (SSSR count). The van der Waals surface area contributed by atoms with Crippen LogP contribution in [0, 0.1) is 0 Å². The number of carbonyl (C=O) groups excluding carboxylic acids is 1. The molecule has 0 saturated carbocycles. The van der Waals surface area contributed by atoms with E-state index in [0.29, 0.717) is 11.4 Å². The molecule has 2 aromatic rings. The van der Waals surface area contributed by atoms with E-state index in [0.717, 1.165) is 0 Å². The van der Waals surface area contributed by atoms with Crippen LogP contribution in [-0.4, -0.2) is 27.1 Å². The number of nitrogens with one attached hydrogen (secondary N) is 1. The Bertz CT molecular complexity index is 683. The average Bonchev–Trinajstić information content (AvgIpc) is 2.43. The predicted molar refractivity (Wildman–Crippen MR) is 76.0 cm³/mol. The fourth-order valence-corrected chi connectivity index (χ4v) is 1.70. The summed E-state index contributed by atoms with van der Waals surface area (Å²) in [6.07, 6.45) is 1.48. The Morgan fingerprint density at radius 1 is 1.24 bits per heavy atom. The number of benzene rings is 1. The van der Waals surface area contributed by atoms with Gasteiger partial charge in [-0.05, 0) is 30.3 Å². The Morgan fingerprint density at radius 2 is 2.00 bits per heavy atom. The number of anilines is 2. The van der Waals surface area contributed by atoms with Crippen LogP contribution in [0.4, 0.5) is 11.4 Å². The number of nitrogens with zero attached hydrogens (tertiary/aromatic N) is 1. The molecule has 7 nitrogen and oxygen atoms in total. The monoisotopic (exact) mass is 287 g/mol. The second kappa shape index (κ2) is 5.91. The van der Waals surface area contributed by atoms with Gasteiger partial charge in [-0.2, -0.15) is 0 Å². The standard InChI is InChI=1S/C14H13N3O4/c15-8-1-2-9(16-7-8)6-13(19)17-10-3-4-12(18)11(5-10)14(20)21/h1-5,7,18H,6,15H2,(H,17,19)(H,20,21). The number of amides is 1. The number of aromatic hydroxyl groups is 1. The Labute approximate surface area is 120 Å². The average molecular weight is 287 g/mol. The van der Waals surface area contributed by atoms with Crippen LogP contribution in [0.1, 0.15) is 16.1 Å². The smallest absolute Gasteiger partial charge is 0.339 e. The molecule has 0 spiro atoms. The normalized spacial score (nSPS) is 10.1. The quantitative estimate of drug-likeness (QED) is 0.627. The van der Waals surface area contributed by atoms with Gasteiger partial charge in [-0.3, -0.25) is 9.78 Å². The molecule has 0 saturated heterocycles. The molecular weight excluding hydrogens is 274 g/mol. The minimum atomic E-state index is -1.27. The van der Waals surface area contributed by atoms with Crippen LogP contribution in [0.25, 0.3) is 0 Å². The SMILES string of the molecule is Nc1ccc(CC(=O)Nc2ccc(O)c(C(=O)O)c2)nc1. The number of hydrogen-bond acceptors (Lipinski definition) is 5.